The molecule has 5 nitrogen and oxygen atoms in total. The number of amides is 1. The van der Waals surface area contributed by atoms with E-state index in [9.17, 15) is 14.9 Å². The Morgan fingerprint density at radius 2 is 2.19 bits per heavy atom. The zero-order chi connectivity index (χ0) is 12.3. The summed E-state index contributed by atoms with van der Waals surface area (Å²) in [6.45, 7) is 3.40. The molecule has 0 saturated heterocycles. The maximum atomic E-state index is 11.2. The van der Waals surface area contributed by atoms with E-state index in [4.69, 9.17) is 11.6 Å². The Kier molecular flexibility index (Phi) is 3.84. The Morgan fingerprint density at radius 3 is 2.69 bits per heavy atom. The van der Waals surface area contributed by atoms with Crippen molar-refractivity contribution in [1.82, 2.24) is 0 Å². The fourth-order valence-corrected chi connectivity index (χ4v) is 1.41. The molecule has 0 saturated carbocycles. The highest BCUT2D eigenvalue weighted by Gasteiger charge is 2.15. The average Bonchev–Trinajstić information content (AvgIpc) is 2.22. The lowest BCUT2D eigenvalue weighted by molar-refractivity contribution is -0.384. The smallest absolute Gasteiger partial charge is 0.288 e. The molecule has 0 aliphatic rings. The number of hydrogen-bond donors (Lipinski definition) is 1. The molecule has 0 aromatic heterocycles. The zero-order valence-corrected chi connectivity index (χ0v) is 9.67. The predicted molar refractivity (Wildman–Crippen MR) is 61.8 cm³/mol. The minimum absolute atomic E-state index is 0.0157. The Hall–Kier alpha value is -1.62. The molecule has 0 bridgehead atoms. The van der Waals surface area contributed by atoms with Gasteiger partial charge in [0.15, 0.2) is 0 Å². The summed E-state index contributed by atoms with van der Waals surface area (Å²) in [4.78, 5) is 21.2. The van der Waals surface area contributed by atoms with E-state index in [1.165, 1.54) is 12.1 Å². The number of nitrogens with one attached hydrogen (secondary N) is 1. The van der Waals surface area contributed by atoms with E-state index in [2.05, 4.69) is 5.32 Å². The first-order valence-corrected chi connectivity index (χ1v) is 5.08. The summed E-state index contributed by atoms with van der Waals surface area (Å²) in [6, 6.07) is 2.73. The molecule has 0 spiro atoms. The molecule has 0 atom stereocenters. The van der Waals surface area contributed by atoms with Crippen LogP contribution in [0.1, 0.15) is 18.9 Å². The SMILES string of the molecule is CCC(=O)Nc1cc(Cl)c([N+](=O)[O-])cc1C. The Morgan fingerprint density at radius 1 is 1.56 bits per heavy atom. The molecule has 86 valence electrons. The Balaban J connectivity index is 3.10. The summed E-state index contributed by atoms with van der Waals surface area (Å²) in [7, 11) is 0. The van der Waals surface area contributed by atoms with Gasteiger partial charge in [0.25, 0.3) is 5.69 Å². The number of benzene rings is 1. The van der Waals surface area contributed by atoms with Crippen LogP contribution in [0.3, 0.4) is 0 Å². The summed E-state index contributed by atoms with van der Waals surface area (Å²) < 4.78 is 0. The maximum absolute atomic E-state index is 11.2. The summed E-state index contributed by atoms with van der Waals surface area (Å²) in [5.41, 5.74) is 0.953. The molecule has 1 amide bonds. The van der Waals surface area contributed by atoms with Crippen molar-refractivity contribution in [2.24, 2.45) is 0 Å². The zero-order valence-electron chi connectivity index (χ0n) is 8.91. The molecule has 0 unspecified atom stereocenters. The molecular formula is C10H11ClN2O3. The van der Waals surface area contributed by atoms with Gasteiger partial charge < -0.3 is 5.32 Å². The van der Waals surface area contributed by atoms with Crippen molar-refractivity contribution in [2.75, 3.05) is 5.32 Å². The summed E-state index contributed by atoms with van der Waals surface area (Å²) in [6.07, 6.45) is 0.341. The van der Waals surface area contributed by atoms with Crippen LogP contribution >= 0.6 is 11.6 Å². The molecule has 1 aromatic rings. The van der Waals surface area contributed by atoms with E-state index >= 15 is 0 Å². The second-order valence-corrected chi connectivity index (χ2v) is 3.68. The maximum Gasteiger partial charge on any atom is 0.288 e. The minimum atomic E-state index is -0.555. The van der Waals surface area contributed by atoms with Gasteiger partial charge in [-0.15, -0.1) is 0 Å². The Labute approximate surface area is 97.6 Å². The summed E-state index contributed by atoms with van der Waals surface area (Å²) >= 11 is 5.73. The van der Waals surface area contributed by atoms with E-state index in [1.54, 1.807) is 13.8 Å². The van der Waals surface area contributed by atoms with Crippen LogP contribution in [0.25, 0.3) is 0 Å². The normalized spacial score (nSPS) is 9.94. The third-order valence-corrected chi connectivity index (χ3v) is 2.39. The van der Waals surface area contributed by atoms with Crippen molar-refractivity contribution >= 4 is 28.9 Å². The minimum Gasteiger partial charge on any atom is -0.326 e. The fraction of sp³-hybridized carbons (Fsp3) is 0.300. The van der Waals surface area contributed by atoms with Gasteiger partial charge in [-0.1, -0.05) is 18.5 Å². The fourth-order valence-electron chi connectivity index (χ4n) is 1.18. The highest BCUT2D eigenvalue weighted by atomic mass is 35.5. The second-order valence-electron chi connectivity index (χ2n) is 3.28. The summed E-state index contributed by atoms with van der Waals surface area (Å²) in [5, 5.41) is 13.2. The molecule has 0 heterocycles. The molecule has 0 fully saturated rings. The molecular weight excluding hydrogens is 232 g/mol. The molecule has 0 aliphatic carbocycles. The molecule has 16 heavy (non-hydrogen) atoms. The van der Waals surface area contributed by atoms with Gasteiger partial charge in [-0.3, -0.25) is 14.9 Å². The highest BCUT2D eigenvalue weighted by molar-refractivity contribution is 6.33. The molecule has 1 N–H and O–H groups in total. The van der Waals surface area contributed by atoms with Crippen LogP contribution < -0.4 is 5.32 Å². The first-order chi connectivity index (χ1) is 7.45. The van der Waals surface area contributed by atoms with Crippen LogP contribution in [0.2, 0.25) is 5.02 Å². The van der Waals surface area contributed by atoms with E-state index in [0.29, 0.717) is 17.7 Å². The molecule has 0 radical (unpaired) electrons. The number of carbonyl (C=O) groups is 1. The van der Waals surface area contributed by atoms with Crippen molar-refractivity contribution in [3.05, 3.63) is 32.8 Å². The largest absolute Gasteiger partial charge is 0.326 e. The number of rotatable bonds is 3. The van der Waals surface area contributed by atoms with Crippen molar-refractivity contribution in [3.8, 4) is 0 Å². The van der Waals surface area contributed by atoms with E-state index in [1.807, 2.05) is 0 Å². The van der Waals surface area contributed by atoms with Gasteiger partial charge in [0, 0.05) is 18.2 Å². The molecule has 1 aromatic carbocycles. The van der Waals surface area contributed by atoms with Gasteiger partial charge in [-0.2, -0.15) is 0 Å². The van der Waals surface area contributed by atoms with Crippen LogP contribution in [-0.2, 0) is 4.79 Å². The third-order valence-electron chi connectivity index (χ3n) is 2.09. The van der Waals surface area contributed by atoms with Crippen molar-refractivity contribution in [3.63, 3.8) is 0 Å². The lowest BCUT2D eigenvalue weighted by atomic mass is 10.1. The second kappa shape index (κ2) is 4.94. The van der Waals surface area contributed by atoms with Gasteiger partial charge in [0.05, 0.1) is 4.92 Å². The Bertz CT molecular complexity index is 446. The van der Waals surface area contributed by atoms with E-state index in [0.717, 1.165) is 0 Å². The van der Waals surface area contributed by atoms with Gasteiger partial charge in [0.2, 0.25) is 5.91 Å². The average molecular weight is 243 g/mol. The molecule has 1 rings (SSSR count). The first-order valence-electron chi connectivity index (χ1n) is 4.70. The highest BCUT2D eigenvalue weighted by Crippen LogP contribution is 2.30. The number of carbonyl (C=O) groups excluding carboxylic acids is 1. The standard InChI is InChI=1S/C10H11ClN2O3/c1-3-10(14)12-8-5-7(11)9(13(15)16)4-6(8)2/h4-5H,3H2,1-2H3,(H,12,14). The number of nitro benzene ring substituents is 1. The van der Waals surface area contributed by atoms with Crippen molar-refractivity contribution in [1.29, 1.82) is 0 Å². The van der Waals surface area contributed by atoms with Crippen molar-refractivity contribution < 1.29 is 9.72 Å². The summed E-state index contributed by atoms with van der Waals surface area (Å²) in [5.74, 6) is -0.159. The number of hydrogen-bond acceptors (Lipinski definition) is 3. The lowest BCUT2D eigenvalue weighted by Gasteiger charge is -2.07. The molecule has 0 aliphatic heterocycles. The van der Waals surface area contributed by atoms with Crippen LogP contribution in [0, 0.1) is 17.0 Å². The third kappa shape index (κ3) is 2.70. The number of nitro groups is 1. The van der Waals surface area contributed by atoms with Crippen LogP contribution in [0.5, 0.6) is 0 Å². The quantitative estimate of drug-likeness (QED) is 0.654. The van der Waals surface area contributed by atoms with Gasteiger partial charge in [0.1, 0.15) is 5.02 Å². The van der Waals surface area contributed by atoms with E-state index in [-0.39, 0.29) is 16.6 Å². The predicted octanol–water partition coefficient (Wildman–Crippen LogP) is 2.91. The van der Waals surface area contributed by atoms with Crippen LogP contribution in [0.4, 0.5) is 11.4 Å². The number of halogens is 1. The first kappa shape index (κ1) is 12.4. The monoisotopic (exact) mass is 242 g/mol. The lowest BCUT2D eigenvalue weighted by Crippen LogP contribution is -2.10. The van der Waals surface area contributed by atoms with E-state index < -0.39 is 4.92 Å². The van der Waals surface area contributed by atoms with Gasteiger partial charge in [-0.25, -0.2) is 0 Å². The molecule has 6 heteroatoms. The number of nitrogens with zero attached hydrogens (tertiary/aromatic N) is 1. The van der Waals surface area contributed by atoms with Gasteiger partial charge >= 0.3 is 0 Å². The number of anilines is 1. The van der Waals surface area contributed by atoms with Crippen LogP contribution in [0.15, 0.2) is 12.1 Å². The van der Waals surface area contributed by atoms with Crippen LogP contribution in [-0.4, -0.2) is 10.8 Å². The number of aryl methyl sites for hydroxylation is 1. The van der Waals surface area contributed by atoms with Crippen molar-refractivity contribution in [2.45, 2.75) is 20.3 Å². The van der Waals surface area contributed by atoms with Gasteiger partial charge in [-0.05, 0) is 18.6 Å². The topological polar surface area (TPSA) is 72.2 Å².